The first-order valence-corrected chi connectivity index (χ1v) is 5.21. The average molecular weight is 197 g/mol. The molecule has 1 rings (SSSR count). The molecule has 1 heterocycles. The minimum Gasteiger partial charge on any atom is -0.263 e. The SMILES string of the molecule is CC.Cc1c(S)cncc1C(C)C. The van der Waals surface area contributed by atoms with E-state index in [1.165, 1.54) is 11.1 Å². The fourth-order valence-corrected chi connectivity index (χ4v) is 1.31. The van der Waals surface area contributed by atoms with Crippen molar-refractivity contribution in [2.45, 2.75) is 45.4 Å². The number of nitrogens with zero attached hydrogens (tertiary/aromatic N) is 1. The normalized spacial score (nSPS) is 9.46. The molecule has 0 saturated carbocycles. The van der Waals surface area contributed by atoms with E-state index in [0.717, 1.165) is 4.90 Å². The fraction of sp³-hybridized carbons (Fsp3) is 0.545. The zero-order valence-corrected chi connectivity index (χ0v) is 10.0. The van der Waals surface area contributed by atoms with Crippen molar-refractivity contribution < 1.29 is 0 Å². The van der Waals surface area contributed by atoms with Gasteiger partial charge in [-0.3, -0.25) is 4.98 Å². The summed E-state index contributed by atoms with van der Waals surface area (Å²) in [6.45, 7) is 10.4. The van der Waals surface area contributed by atoms with Gasteiger partial charge in [-0.05, 0) is 24.0 Å². The Bertz CT molecular complexity index is 256. The average Bonchev–Trinajstić information content (AvgIpc) is 2.13. The van der Waals surface area contributed by atoms with Crippen LogP contribution in [0.1, 0.15) is 44.7 Å². The lowest BCUT2D eigenvalue weighted by molar-refractivity contribution is 0.838. The third-order valence-electron chi connectivity index (χ3n) is 1.85. The molecule has 0 unspecified atom stereocenters. The van der Waals surface area contributed by atoms with Crippen LogP contribution in [-0.2, 0) is 0 Å². The molecular formula is C11H19NS. The maximum absolute atomic E-state index is 4.30. The van der Waals surface area contributed by atoms with Crippen LogP contribution < -0.4 is 0 Å². The van der Waals surface area contributed by atoms with Gasteiger partial charge in [-0.1, -0.05) is 27.7 Å². The lowest BCUT2D eigenvalue weighted by Crippen LogP contribution is -1.93. The van der Waals surface area contributed by atoms with E-state index in [9.17, 15) is 0 Å². The molecule has 0 radical (unpaired) electrons. The van der Waals surface area contributed by atoms with Gasteiger partial charge in [0.25, 0.3) is 0 Å². The van der Waals surface area contributed by atoms with E-state index in [4.69, 9.17) is 0 Å². The van der Waals surface area contributed by atoms with Crippen molar-refractivity contribution in [1.29, 1.82) is 0 Å². The van der Waals surface area contributed by atoms with Gasteiger partial charge >= 0.3 is 0 Å². The number of aromatic nitrogens is 1. The van der Waals surface area contributed by atoms with Crippen LogP contribution in [0, 0.1) is 6.92 Å². The predicted octanol–water partition coefficient (Wildman–Crippen LogP) is 3.83. The smallest absolute Gasteiger partial charge is 0.0404 e. The highest BCUT2D eigenvalue weighted by Crippen LogP contribution is 2.22. The number of pyridine rings is 1. The van der Waals surface area contributed by atoms with E-state index in [-0.39, 0.29) is 0 Å². The zero-order valence-electron chi connectivity index (χ0n) is 9.13. The van der Waals surface area contributed by atoms with Crippen LogP contribution in [0.4, 0.5) is 0 Å². The lowest BCUT2D eigenvalue weighted by atomic mass is 10.0. The molecule has 13 heavy (non-hydrogen) atoms. The van der Waals surface area contributed by atoms with Crippen molar-refractivity contribution in [3.63, 3.8) is 0 Å². The summed E-state index contributed by atoms with van der Waals surface area (Å²) in [5.41, 5.74) is 2.54. The second-order valence-corrected chi connectivity index (χ2v) is 3.51. The Morgan fingerprint density at radius 1 is 1.23 bits per heavy atom. The molecule has 0 saturated heterocycles. The van der Waals surface area contributed by atoms with Crippen molar-refractivity contribution >= 4 is 12.6 Å². The summed E-state index contributed by atoms with van der Waals surface area (Å²) in [7, 11) is 0. The van der Waals surface area contributed by atoms with Crippen LogP contribution in [0.25, 0.3) is 0 Å². The Morgan fingerprint density at radius 3 is 2.15 bits per heavy atom. The van der Waals surface area contributed by atoms with E-state index in [2.05, 4.69) is 38.4 Å². The Hall–Kier alpha value is -0.500. The molecule has 0 aliphatic carbocycles. The van der Waals surface area contributed by atoms with Crippen molar-refractivity contribution in [3.05, 3.63) is 23.5 Å². The summed E-state index contributed by atoms with van der Waals surface area (Å²) < 4.78 is 0. The zero-order chi connectivity index (χ0) is 10.4. The molecule has 1 aromatic rings. The Balaban J connectivity index is 0.000000671. The van der Waals surface area contributed by atoms with Gasteiger partial charge in [-0.2, -0.15) is 0 Å². The second-order valence-electron chi connectivity index (χ2n) is 3.03. The molecule has 0 aromatic carbocycles. The fourth-order valence-electron chi connectivity index (χ4n) is 1.11. The molecule has 1 nitrogen and oxygen atoms in total. The molecule has 1 aromatic heterocycles. The molecule has 2 heteroatoms. The third kappa shape index (κ3) is 3.39. The van der Waals surface area contributed by atoms with Gasteiger partial charge in [0.1, 0.15) is 0 Å². The summed E-state index contributed by atoms with van der Waals surface area (Å²) in [5.74, 6) is 0.537. The highest BCUT2D eigenvalue weighted by molar-refractivity contribution is 7.80. The van der Waals surface area contributed by atoms with Gasteiger partial charge < -0.3 is 0 Å². The molecule has 0 spiro atoms. The third-order valence-corrected chi connectivity index (χ3v) is 2.30. The standard InChI is InChI=1S/C9H13NS.C2H6/c1-6(2)8-4-10-5-9(11)7(8)3;1-2/h4-6,11H,1-3H3;1-2H3. The molecule has 0 N–H and O–H groups in total. The monoisotopic (exact) mass is 197 g/mol. The van der Waals surface area contributed by atoms with Crippen LogP contribution >= 0.6 is 12.6 Å². The lowest BCUT2D eigenvalue weighted by Gasteiger charge is -2.09. The Kier molecular flexibility index (Phi) is 5.80. The minimum atomic E-state index is 0.537. The van der Waals surface area contributed by atoms with Gasteiger partial charge in [0.2, 0.25) is 0 Å². The Morgan fingerprint density at radius 2 is 1.77 bits per heavy atom. The van der Waals surface area contributed by atoms with Crippen LogP contribution in [0.3, 0.4) is 0 Å². The molecule has 0 aliphatic rings. The van der Waals surface area contributed by atoms with Crippen molar-refractivity contribution in [2.75, 3.05) is 0 Å². The van der Waals surface area contributed by atoms with Crippen molar-refractivity contribution in [2.24, 2.45) is 0 Å². The number of rotatable bonds is 1. The van der Waals surface area contributed by atoms with E-state index in [1.54, 1.807) is 6.20 Å². The van der Waals surface area contributed by atoms with E-state index < -0.39 is 0 Å². The molecule has 0 fully saturated rings. The summed E-state index contributed by atoms with van der Waals surface area (Å²) in [6.07, 6.45) is 3.70. The van der Waals surface area contributed by atoms with Crippen molar-refractivity contribution in [3.8, 4) is 0 Å². The molecule has 0 bridgehead atoms. The number of thiol groups is 1. The topological polar surface area (TPSA) is 12.9 Å². The largest absolute Gasteiger partial charge is 0.263 e. The van der Waals surface area contributed by atoms with E-state index in [0.29, 0.717) is 5.92 Å². The molecular weight excluding hydrogens is 178 g/mol. The van der Waals surface area contributed by atoms with Crippen LogP contribution in [-0.4, -0.2) is 4.98 Å². The van der Waals surface area contributed by atoms with Crippen LogP contribution in [0.2, 0.25) is 0 Å². The molecule has 74 valence electrons. The number of hydrogen-bond acceptors (Lipinski definition) is 2. The summed E-state index contributed by atoms with van der Waals surface area (Å²) >= 11 is 4.30. The summed E-state index contributed by atoms with van der Waals surface area (Å²) in [6, 6.07) is 0. The molecule has 0 atom stereocenters. The first-order valence-electron chi connectivity index (χ1n) is 4.76. The molecule has 0 aliphatic heterocycles. The van der Waals surface area contributed by atoms with Gasteiger partial charge in [0, 0.05) is 17.3 Å². The summed E-state index contributed by atoms with van der Waals surface area (Å²) in [4.78, 5) is 5.07. The molecule has 0 amide bonds. The van der Waals surface area contributed by atoms with E-state index in [1.807, 2.05) is 20.0 Å². The van der Waals surface area contributed by atoms with Crippen molar-refractivity contribution in [1.82, 2.24) is 4.98 Å². The highest BCUT2D eigenvalue weighted by atomic mass is 32.1. The summed E-state index contributed by atoms with van der Waals surface area (Å²) in [5, 5.41) is 0. The van der Waals surface area contributed by atoms with E-state index >= 15 is 0 Å². The maximum atomic E-state index is 4.30. The van der Waals surface area contributed by atoms with Gasteiger partial charge in [0.15, 0.2) is 0 Å². The van der Waals surface area contributed by atoms with Gasteiger partial charge in [-0.25, -0.2) is 0 Å². The second kappa shape index (κ2) is 6.03. The minimum absolute atomic E-state index is 0.537. The maximum Gasteiger partial charge on any atom is 0.0404 e. The first-order chi connectivity index (χ1) is 6.13. The predicted molar refractivity (Wildman–Crippen MR) is 61.7 cm³/mol. The quantitative estimate of drug-likeness (QED) is 0.675. The van der Waals surface area contributed by atoms with Gasteiger partial charge in [-0.15, -0.1) is 12.6 Å². The van der Waals surface area contributed by atoms with Gasteiger partial charge in [0.05, 0.1) is 0 Å². The van der Waals surface area contributed by atoms with Crippen LogP contribution in [0.15, 0.2) is 17.3 Å². The van der Waals surface area contributed by atoms with Crippen LogP contribution in [0.5, 0.6) is 0 Å². The first kappa shape index (κ1) is 12.5. The highest BCUT2D eigenvalue weighted by Gasteiger charge is 2.04. The Labute approximate surface area is 87.0 Å². The number of hydrogen-bond donors (Lipinski definition) is 1.